The molecule has 0 fully saturated rings. The first-order valence-electron chi connectivity index (χ1n) is 5.61. The fourth-order valence-electron chi connectivity index (χ4n) is 1.68. The molecule has 0 saturated carbocycles. The molecule has 0 amide bonds. The van der Waals surface area contributed by atoms with Gasteiger partial charge in [0.05, 0.1) is 0 Å². The van der Waals surface area contributed by atoms with Crippen LogP contribution in [0.5, 0.6) is 11.5 Å². The van der Waals surface area contributed by atoms with Gasteiger partial charge in [0, 0.05) is 15.6 Å². The molecule has 0 heterocycles. The molecule has 0 atom stereocenters. The summed E-state index contributed by atoms with van der Waals surface area (Å²) in [5, 5.41) is 1.30. The van der Waals surface area contributed by atoms with Crippen molar-refractivity contribution in [1.82, 2.24) is 0 Å². The number of benzene rings is 2. The van der Waals surface area contributed by atoms with Crippen LogP contribution in [-0.4, -0.2) is 6.54 Å². The van der Waals surface area contributed by atoms with E-state index in [9.17, 15) is 0 Å². The van der Waals surface area contributed by atoms with Crippen LogP contribution >= 0.6 is 23.2 Å². The number of hydrogen-bond acceptors (Lipinski definition) is 2. The summed E-state index contributed by atoms with van der Waals surface area (Å²) in [6.45, 7) is 0.523. The van der Waals surface area contributed by atoms with E-state index in [2.05, 4.69) is 0 Å². The molecule has 0 bridgehead atoms. The molecule has 94 valence electrons. The SMILES string of the molecule is NCCc1c(Cl)cccc1Oc1cccc(Cl)c1. The van der Waals surface area contributed by atoms with Crippen molar-refractivity contribution in [3.05, 3.63) is 58.1 Å². The molecule has 0 radical (unpaired) electrons. The van der Waals surface area contributed by atoms with E-state index >= 15 is 0 Å². The summed E-state index contributed by atoms with van der Waals surface area (Å²) in [4.78, 5) is 0. The summed E-state index contributed by atoms with van der Waals surface area (Å²) in [6.07, 6.45) is 0.676. The first kappa shape index (κ1) is 13.2. The molecule has 2 aromatic carbocycles. The molecule has 0 aromatic heterocycles. The van der Waals surface area contributed by atoms with E-state index < -0.39 is 0 Å². The lowest BCUT2D eigenvalue weighted by Crippen LogP contribution is -2.04. The molecule has 0 spiro atoms. The molecule has 4 heteroatoms. The lowest BCUT2D eigenvalue weighted by molar-refractivity contribution is 0.476. The third-order valence-corrected chi connectivity index (χ3v) is 3.08. The van der Waals surface area contributed by atoms with E-state index in [1.54, 1.807) is 12.1 Å². The molecule has 18 heavy (non-hydrogen) atoms. The topological polar surface area (TPSA) is 35.2 Å². The molecule has 2 N–H and O–H groups in total. The van der Waals surface area contributed by atoms with Crippen LogP contribution in [0.1, 0.15) is 5.56 Å². The second kappa shape index (κ2) is 6.10. The molecule has 0 aliphatic rings. The minimum atomic E-state index is 0.523. The van der Waals surface area contributed by atoms with Gasteiger partial charge in [-0.05, 0) is 43.3 Å². The van der Waals surface area contributed by atoms with Crippen molar-refractivity contribution >= 4 is 23.2 Å². The lowest BCUT2D eigenvalue weighted by Gasteiger charge is -2.12. The van der Waals surface area contributed by atoms with Gasteiger partial charge in [-0.3, -0.25) is 0 Å². The van der Waals surface area contributed by atoms with Crippen LogP contribution in [0, 0.1) is 0 Å². The second-order valence-corrected chi connectivity index (χ2v) is 4.66. The van der Waals surface area contributed by atoms with E-state index in [4.69, 9.17) is 33.7 Å². The molecule has 2 aromatic rings. The van der Waals surface area contributed by atoms with E-state index in [1.165, 1.54) is 0 Å². The van der Waals surface area contributed by atoms with Gasteiger partial charge in [-0.25, -0.2) is 0 Å². The first-order valence-corrected chi connectivity index (χ1v) is 6.37. The molecule has 0 saturated heterocycles. The summed E-state index contributed by atoms with van der Waals surface area (Å²) in [5.74, 6) is 1.40. The standard InChI is InChI=1S/C14H13Cl2NO/c15-10-3-1-4-11(9-10)18-14-6-2-5-13(16)12(14)7-8-17/h1-6,9H,7-8,17H2. The fourth-order valence-corrected chi connectivity index (χ4v) is 2.12. The third kappa shape index (κ3) is 3.16. The monoisotopic (exact) mass is 281 g/mol. The summed E-state index contributed by atoms with van der Waals surface area (Å²) in [5.41, 5.74) is 6.50. The van der Waals surface area contributed by atoms with Crippen LogP contribution in [0.2, 0.25) is 10.0 Å². The van der Waals surface area contributed by atoms with Crippen LogP contribution in [0.3, 0.4) is 0 Å². The Kier molecular flexibility index (Phi) is 4.48. The summed E-state index contributed by atoms with van der Waals surface area (Å²) in [7, 11) is 0. The van der Waals surface area contributed by atoms with Gasteiger partial charge in [0.1, 0.15) is 11.5 Å². The Morgan fingerprint density at radius 2 is 1.83 bits per heavy atom. The van der Waals surface area contributed by atoms with Gasteiger partial charge in [0.15, 0.2) is 0 Å². The maximum absolute atomic E-state index is 6.14. The minimum absolute atomic E-state index is 0.523. The quantitative estimate of drug-likeness (QED) is 0.908. The Hall–Kier alpha value is -1.22. The Labute approximate surface area is 116 Å². The summed E-state index contributed by atoms with van der Waals surface area (Å²) < 4.78 is 5.80. The van der Waals surface area contributed by atoms with E-state index in [0.717, 1.165) is 11.3 Å². The Balaban J connectivity index is 2.31. The van der Waals surface area contributed by atoms with Crippen molar-refractivity contribution in [3.8, 4) is 11.5 Å². The molecular weight excluding hydrogens is 269 g/mol. The van der Waals surface area contributed by atoms with Crippen LogP contribution in [0.25, 0.3) is 0 Å². The zero-order valence-corrected chi connectivity index (χ0v) is 11.2. The maximum atomic E-state index is 6.14. The van der Waals surface area contributed by atoms with Crippen LogP contribution < -0.4 is 10.5 Å². The zero-order valence-electron chi connectivity index (χ0n) is 9.70. The second-order valence-electron chi connectivity index (χ2n) is 3.81. The highest BCUT2D eigenvalue weighted by Gasteiger charge is 2.08. The largest absolute Gasteiger partial charge is 0.457 e. The first-order chi connectivity index (χ1) is 8.70. The number of nitrogens with two attached hydrogens (primary N) is 1. The van der Waals surface area contributed by atoms with Gasteiger partial charge in [0.2, 0.25) is 0 Å². The predicted octanol–water partition coefficient (Wildman–Crippen LogP) is 4.29. The van der Waals surface area contributed by atoms with Crippen LogP contribution in [0.15, 0.2) is 42.5 Å². The van der Waals surface area contributed by atoms with E-state index in [1.807, 2.05) is 30.3 Å². The van der Waals surface area contributed by atoms with E-state index in [0.29, 0.717) is 28.8 Å². The van der Waals surface area contributed by atoms with Crippen molar-refractivity contribution in [2.45, 2.75) is 6.42 Å². The van der Waals surface area contributed by atoms with Crippen molar-refractivity contribution in [2.24, 2.45) is 5.73 Å². The average Bonchev–Trinajstić information content (AvgIpc) is 2.34. The van der Waals surface area contributed by atoms with Crippen molar-refractivity contribution < 1.29 is 4.74 Å². The average molecular weight is 282 g/mol. The third-order valence-electron chi connectivity index (χ3n) is 2.49. The molecular formula is C14H13Cl2NO. The van der Waals surface area contributed by atoms with Gasteiger partial charge < -0.3 is 10.5 Å². The number of rotatable bonds is 4. The number of hydrogen-bond donors (Lipinski definition) is 1. The van der Waals surface area contributed by atoms with Gasteiger partial charge in [-0.2, -0.15) is 0 Å². The smallest absolute Gasteiger partial charge is 0.132 e. The normalized spacial score (nSPS) is 10.4. The van der Waals surface area contributed by atoms with Gasteiger partial charge >= 0.3 is 0 Å². The highest BCUT2D eigenvalue weighted by atomic mass is 35.5. The van der Waals surface area contributed by atoms with E-state index in [-0.39, 0.29) is 0 Å². The van der Waals surface area contributed by atoms with Crippen molar-refractivity contribution in [1.29, 1.82) is 0 Å². The number of ether oxygens (including phenoxy) is 1. The molecule has 2 nitrogen and oxygen atoms in total. The molecule has 2 rings (SSSR count). The Bertz CT molecular complexity index is 543. The van der Waals surface area contributed by atoms with Gasteiger partial charge in [-0.1, -0.05) is 35.3 Å². The van der Waals surface area contributed by atoms with Crippen molar-refractivity contribution in [3.63, 3.8) is 0 Å². The van der Waals surface area contributed by atoms with Crippen LogP contribution in [-0.2, 0) is 6.42 Å². The summed E-state index contributed by atoms with van der Waals surface area (Å²) >= 11 is 12.1. The zero-order chi connectivity index (χ0) is 13.0. The highest BCUT2D eigenvalue weighted by Crippen LogP contribution is 2.31. The molecule has 0 unspecified atom stereocenters. The van der Waals surface area contributed by atoms with Gasteiger partial charge in [-0.15, -0.1) is 0 Å². The van der Waals surface area contributed by atoms with Gasteiger partial charge in [0.25, 0.3) is 0 Å². The molecule has 0 aliphatic heterocycles. The maximum Gasteiger partial charge on any atom is 0.132 e. The number of halogens is 2. The minimum Gasteiger partial charge on any atom is -0.457 e. The van der Waals surface area contributed by atoms with Crippen LogP contribution in [0.4, 0.5) is 0 Å². The highest BCUT2D eigenvalue weighted by molar-refractivity contribution is 6.31. The lowest BCUT2D eigenvalue weighted by atomic mass is 10.1. The molecule has 0 aliphatic carbocycles. The van der Waals surface area contributed by atoms with Crippen molar-refractivity contribution in [2.75, 3.05) is 6.54 Å². The Morgan fingerprint density at radius 3 is 2.56 bits per heavy atom. The fraction of sp³-hybridized carbons (Fsp3) is 0.143. The predicted molar refractivity (Wildman–Crippen MR) is 75.7 cm³/mol. The Morgan fingerprint density at radius 1 is 1.06 bits per heavy atom. The summed E-state index contributed by atoms with van der Waals surface area (Å²) in [6, 6.07) is 12.8.